The summed E-state index contributed by atoms with van der Waals surface area (Å²) in [6.45, 7) is 6.64. The van der Waals surface area contributed by atoms with Crippen LogP contribution >= 0.6 is 0 Å². The van der Waals surface area contributed by atoms with Crippen molar-refractivity contribution in [2.75, 3.05) is 6.61 Å². The molecule has 0 saturated carbocycles. The van der Waals surface area contributed by atoms with Crippen LogP contribution in [0, 0.1) is 6.92 Å². The molecule has 1 aromatic rings. The molecule has 1 aromatic carbocycles. The number of hydrogen-bond acceptors (Lipinski definition) is 6. The van der Waals surface area contributed by atoms with Gasteiger partial charge in [-0.15, -0.1) is 0 Å². The number of benzene rings is 1. The number of nitrogens with zero attached hydrogens (tertiary/aromatic N) is 1. The van der Waals surface area contributed by atoms with Crippen LogP contribution in [0.5, 0.6) is 0 Å². The molecule has 1 aliphatic heterocycles. The van der Waals surface area contributed by atoms with Crippen LogP contribution in [0.4, 0.5) is 4.79 Å². The third-order valence-electron chi connectivity index (χ3n) is 3.64. The van der Waals surface area contributed by atoms with Crippen LogP contribution in [0.1, 0.15) is 39.2 Å². The molecule has 2 rings (SSSR count). The largest absolute Gasteiger partial charge is 0.443 e. The normalized spacial score (nSPS) is 18.5. The van der Waals surface area contributed by atoms with E-state index in [9.17, 15) is 18.0 Å². The summed E-state index contributed by atoms with van der Waals surface area (Å²) in [6.07, 6.45) is -0.296. The smallest absolute Gasteiger partial charge is 0.417 e. The third kappa shape index (κ3) is 5.02. The van der Waals surface area contributed by atoms with E-state index in [1.807, 2.05) is 6.92 Å². The number of ether oxygens (including phenoxy) is 1. The molecule has 0 radical (unpaired) electrons. The lowest BCUT2D eigenvalue weighted by atomic mass is 10.2. The van der Waals surface area contributed by atoms with Gasteiger partial charge in [0, 0.05) is 6.42 Å². The first-order valence-electron chi connectivity index (χ1n) is 8.01. The lowest BCUT2D eigenvalue weighted by molar-refractivity contribution is -0.128. The van der Waals surface area contributed by atoms with Crippen LogP contribution in [-0.4, -0.2) is 43.6 Å². The first-order valence-corrected chi connectivity index (χ1v) is 9.41. The van der Waals surface area contributed by atoms with Gasteiger partial charge in [-0.3, -0.25) is 8.98 Å². The van der Waals surface area contributed by atoms with Crippen LogP contribution in [0.2, 0.25) is 0 Å². The zero-order valence-electron chi connectivity index (χ0n) is 14.8. The molecule has 0 aliphatic carbocycles. The van der Waals surface area contributed by atoms with Gasteiger partial charge in [0.1, 0.15) is 5.60 Å². The number of rotatable bonds is 4. The lowest BCUT2D eigenvalue weighted by Gasteiger charge is -2.27. The van der Waals surface area contributed by atoms with Crippen molar-refractivity contribution in [2.24, 2.45) is 0 Å². The minimum Gasteiger partial charge on any atom is -0.443 e. The summed E-state index contributed by atoms with van der Waals surface area (Å²) in [5.74, 6) is -0.393. The Morgan fingerprint density at radius 1 is 1.24 bits per heavy atom. The van der Waals surface area contributed by atoms with Crippen LogP contribution in [-0.2, 0) is 23.8 Å². The number of imide groups is 1. The average Bonchev–Trinajstić information content (AvgIpc) is 2.85. The summed E-state index contributed by atoms with van der Waals surface area (Å²) >= 11 is 0. The average molecular weight is 369 g/mol. The number of hydrogen-bond donors (Lipinski definition) is 0. The van der Waals surface area contributed by atoms with Crippen molar-refractivity contribution in [3.8, 4) is 0 Å². The van der Waals surface area contributed by atoms with Crippen molar-refractivity contribution in [3.05, 3.63) is 29.8 Å². The first-order chi connectivity index (χ1) is 11.5. The highest BCUT2D eigenvalue weighted by Gasteiger charge is 2.39. The molecular formula is C17H23NO6S. The predicted octanol–water partition coefficient (Wildman–Crippen LogP) is 2.63. The molecule has 25 heavy (non-hydrogen) atoms. The summed E-state index contributed by atoms with van der Waals surface area (Å²) < 4.78 is 34.8. The fourth-order valence-corrected chi connectivity index (χ4v) is 3.35. The Morgan fingerprint density at radius 2 is 1.84 bits per heavy atom. The first kappa shape index (κ1) is 19.4. The van der Waals surface area contributed by atoms with Gasteiger partial charge in [0.15, 0.2) is 0 Å². The van der Waals surface area contributed by atoms with Crippen molar-refractivity contribution in [3.63, 3.8) is 0 Å². The highest BCUT2D eigenvalue weighted by molar-refractivity contribution is 7.86. The highest BCUT2D eigenvalue weighted by Crippen LogP contribution is 2.24. The van der Waals surface area contributed by atoms with E-state index in [-0.39, 0.29) is 17.9 Å². The molecule has 8 heteroatoms. The fourth-order valence-electron chi connectivity index (χ4n) is 2.40. The SMILES string of the molecule is Cc1ccc(S(=O)(=O)OCC2CCC(=O)N2C(=O)OC(C)(C)C)cc1. The van der Waals surface area contributed by atoms with Crippen LogP contribution in [0.3, 0.4) is 0 Å². The molecule has 2 amide bonds. The highest BCUT2D eigenvalue weighted by atomic mass is 32.2. The maximum absolute atomic E-state index is 12.2. The van der Waals surface area contributed by atoms with Gasteiger partial charge in [0.2, 0.25) is 5.91 Å². The van der Waals surface area contributed by atoms with Crippen LogP contribution < -0.4 is 0 Å². The van der Waals surface area contributed by atoms with Gasteiger partial charge in [-0.2, -0.15) is 8.42 Å². The van der Waals surface area contributed by atoms with Gasteiger partial charge in [0.05, 0.1) is 17.5 Å². The second-order valence-electron chi connectivity index (χ2n) is 6.99. The molecule has 1 unspecified atom stereocenters. The monoisotopic (exact) mass is 369 g/mol. The maximum Gasteiger partial charge on any atom is 0.417 e. The zero-order valence-corrected chi connectivity index (χ0v) is 15.6. The maximum atomic E-state index is 12.2. The van der Waals surface area contributed by atoms with Gasteiger partial charge in [-0.05, 0) is 46.2 Å². The van der Waals surface area contributed by atoms with E-state index >= 15 is 0 Å². The topological polar surface area (TPSA) is 90.0 Å². The molecule has 7 nitrogen and oxygen atoms in total. The summed E-state index contributed by atoms with van der Waals surface area (Å²) in [4.78, 5) is 25.1. The number of aryl methyl sites for hydroxylation is 1. The van der Waals surface area contributed by atoms with E-state index < -0.39 is 33.8 Å². The van der Waals surface area contributed by atoms with E-state index in [2.05, 4.69) is 0 Å². The van der Waals surface area contributed by atoms with Crippen molar-refractivity contribution >= 4 is 22.1 Å². The van der Waals surface area contributed by atoms with Gasteiger partial charge in [-0.1, -0.05) is 17.7 Å². The molecule has 1 fully saturated rings. The quantitative estimate of drug-likeness (QED) is 0.758. The molecule has 1 aliphatic rings. The minimum atomic E-state index is -3.96. The zero-order chi connectivity index (χ0) is 18.8. The van der Waals surface area contributed by atoms with Gasteiger partial charge in [-0.25, -0.2) is 9.69 Å². The molecule has 0 spiro atoms. The van der Waals surface area contributed by atoms with E-state index in [4.69, 9.17) is 8.92 Å². The molecule has 1 atom stereocenters. The molecule has 0 aromatic heterocycles. The van der Waals surface area contributed by atoms with Crippen molar-refractivity contribution in [1.29, 1.82) is 0 Å². The lowest BCUT2D eigenvalue weighted by Crippen LogP contribution is -2.44. The Bertz CT molecular complexity index is 748. The second kappa shape index (κ2) is 7.13. The minimum absolute atomic E-state index is 0.0336. The van der Waals surface area contributed by atoms with Gasteiger partial charge in [0.25, 0.3) is 10.1 Å². The summed E-state index contributed by atoms with van der Waals surface area (Å²) in [5.41, 5.74) is 0.177. The number of carbonyl (C=O) groups is 2. The van der Waals surface area contributed by atoms with Gasteiger partial charge < -0.3 is 4.74 Å². The van der Waals surface area contributed by atoms with Crippen LogP contribution in [0.25, 0.3) is 0 Å². The summed E-state index contributed by atoms with van der Waals surface area (Å²) in [7, 11) is -3.96. The Kier molecular flexibility index (Phi) is 5.53. The van der Waals surface area contributed by atoms with Crippen LogP contribution in [0.15, 0.2) is 29.2 Å². The van der Waals surface area contributed by atoms with Gasteiger partial charge >= 0.3 is 6.09 Å². The second-order valence-corrected chi connectivity index (χ2v) is 8.60. The Morgan fingerprint density at radius 3 is 2.40 bits per heavy atom. The van der Waals surface area contributed by atoms with Crippen molar-refractivity contribution < 1.29 is 26.9 Å². The van der Waals surface area contributed by atoms with E-state index in [0.29, 0.717) is 6.42 Å². The molecule has 1 heterocycles. The molecular weight excluding hydrogens is 346 g/mol. The van der Waals surface area contributed by atoms with Crippen molar-refractivity contribution in [1.82, 2.24) is 4.90 Å². The Balaban J connectivity index is 2.07. The van der Waals surface area contributed by atoms with E-state index in [1.165, 1.54) is 12.1 Å². The Hall–Kier alpha value is -1.93. The van der Waals surface area contributed by atoms with Crippen molar-refractivity contribution in [2.45, 2.75) is 57.1 Å². The predicted molar refractivity (Wildman–Crippen MR) is 90.4 cm³/mol. The standard InChI is InChI=1S/C17H23NO6S/c1-12-5-8-14(9-6-12)25(21,22)23-11-13-7-10-15(19)18(13)16(20)24-17(2,3)4/h5-6,8-9,13H,7,10-11H2,1-4H3. The fraction of sp³-hybridized carbons (Fsp3) is 0.529. The number of likely N-dealkylation sites (tertiary alicyclic amines) is 1. The molecule has 1 saturated heterocycles. The molecule has 0 N–H and O–H groups in total. The third-order valence-corrected chi connectivity index (χ3v) is 4.94. The molecule has 0 bridgehead atoms. The Labute approximate surface area is 148 Å². The van der Waals surface area contributed by atoms with E-state index in [0.717, 1.165) is 10.5 Å². The van der Waals surface area contributed by atoms with E-state index in [1.54, 1.807) is 32.9 Å². The number of amides is 2. The summed E-state index contributed by atoms with van der Waals surface area (Å²) in [6, 6.07) is 5.58. The summed E-state index contributed by atoms with van der Waals surface area (Å²) in [5, 5.41) is 0. The number of carbonyl (C=O) groups excluding carboxylic acids is 2. The molecule has 138 valence electrons.